The molecule has 0 bridgehead atoms. The van der Waals surface area contributed by atoms with Gasteiger partial charge in [-0.3, -0.25) is 0 Å². The van der Waals surface area contributed by atoms with Crippen LogP contribution in [0.2, 0.25) is 0 Å². The van der Waals surface area contributed by atoms with Crippen LogP contribution in [-0.4, -0.2) is 7.05 Å². The second-order valence-corrected chi connectivity index (χ2v) is 2.46. The molecule has 1 aromatic rings. The summed E-state index contributed by atoms with van der Waals surface area (Å²) in [7, 11) is 1.96. The molecule has 0 aromatic heterocycles. The summed E-state index contributed by atoms with van der Waals surface area (Å²) in [4.78, 5) is 0. The van der Waals surface area contributed by atoms with E-state index < -0.39 is 0 Å². The normalized spacial score (nSPS) is 8.50. The second kappa shape index (κ2) is 6.62. The Labute approximate surface area is 75.1 Å². The minimum Gasteiger partial charge on any atom is -0.316 e. The number of aryl methyl sites for hydroxylation is 1. The molecule has 0 aliphatic heterocycles. The molecule has 0 heterocycles. The van der Waals surface area contributed by atoms with Crippen molar-refractivity contribution in [2.75, 3.05) is 7.05 Å². The molecular weight excluding hydrogens is 146 g/mol. The maximum Gasteiger partial charge on any atom is 0.0205 e. The van der Waals surface area contributed by atoms with Crippen molar-refractivity contribution in [3.05, 3.63) is 48.6 Å². The monoisotopic (exact) mass is 163 g/mol. The smallest absolute Gasteiger partial charge is 0.0205 e. The van der Waals surface area contributed by atoms with Gasteiger partial charge in [-0.05, 0) is 25.1 Å². The van der Waals surface area contributed by atoms with E-state index in [2.05, 4.69) is 49.7 Å². The first-order valence-corrected chi connectivity index (χ1v) is 4.03. The van der Waals surface area contributed by atoms with Crippen LogP contribution in [0.3, 0.4) is 0 Å². The van der Waals surface area contributed by atoms with Crippen LogP contribution >= 0.6 is 0 Å². The van der Waals surface area contributed by atoms with Crippen LogP contribution in [0.25, 0.3) is 0 Å². The minimum atomic E-state index is 0.965. The Hall–Kier alpha value is -1.08. The molecule has 1 heteroatoms. The van der Waals surface area contributed by atoms with Crippen molar-refractivity contribution < 1.29 is 0 Å². The van der Waals surface area contributed by atoms with Crippen LogP contribution in [-0.2, 0) is 6.54 Å². The number of hydrogen-bond donors (Lipinski definition) is 1. The predicted octanol–water partition coefficient (Wildman–Crippen LogP) is 2.52. The van der Waals surface area contributed by atoms with Gasteiger partial charge in [-0.25, -0.2) is 0 Å². The molecule has 0 amide bonds. The van der Waals surface area contributed by atoms with E-state index in [0.29, 0.717) is 0 Å². The minimum absolute atomic E-state index is 0.965. The summed E-state index contributed by atoms with van der Waals surface area (Å²) < 4.78 is 0. The summed E-state index contributed by atoms with van der Waals surface area (Å²) in [5.41, 5.74) is 2.74. The molecule has 0 radical (unpaired) electrons. The van der Waals surface area contributed by atoms with Gasteiger partial charge < -0.3 is 5.32 Å². The van der Waals surface area contributed by atoms with Gasteiger partial charge in [0.2, 0.25) is 0 Å². The van der Waals surface area contributed by atoms with Gasteiger partial charge in [0.1, 0.15) is 0 Å². The zero-order chi connectivity index (χ0) is 9.40. The summed E-state index contributed by atoms with van der Waals surface area (Å²) >= 11 is 0. The second-order valence-electron chi connectivity index (χ2n) is 2.46. The molecule has 66 valence electrons. The average Bonchev–Trinajstić information content (AvgIpc) is 2.13. The highest BCUT2D eigenvalue weighted by Gasteiger charge is 1.91. The average molecular weight is 163 g/mol. The van der Waals surface area contributed by atoms with Crippen LogP contribution < -0.4 is 5.32 Å². The molecule has 0 spiro atoms. The molecule has 0 saturated carbocycles. The Morgan fingerprint density at radius 3 is 2.33 bits per heavy atom. The largest absolute Gasteiger partial charge is 0.316 e. The van der Waals surface area contributed by atoms with Crippen molar-refractivity contribution in [2.45, 2.75) is 13.5 Å². The first kappa shape index (κ1) is 10.9. The number of nitrogens with one attached hydrogen (secondary N) is 1. The molecule has 12 heavy (non-hydrogen) atoms. The van der Waals surface area contributed by atoms with E-state index in [0.717, 1.165) is 6.54 Å². The Kier molecular flexibility index (Phi) is 6.02. The molecule has 0 unspecified atom stereocenters. The third-order valence-corrected chi connectivity index (χ3v) is 1.63. The highest BCUT2D eigenvalue weighted by Crippen LogP contribution is 2.05. The lowest BCUT2D eigenvalue weighted by Crippen LogP contribution is -2.05. The van der Waals surface area contributed by atoms with Gasteiger partial charge in [0.05, 0.1) is 0 Å². The van der Waals surface area contributed by atoms with E-state index in [1.165, 1.54) is 11.1 Å². The fraction of sp³-hybridized carbons (Fsp3) is 0.273. The van der Waals surface area contributed by atoms with E-state index in [-0.39, 0.29) is 0 Å². The predicted molar refractivity (Wildman–Crippen MR) is 55.2 cm³/mol. The number of benzene rings is 1. The molecule has 1 rings (SSSR count). The van der Waals surface area contributed by atoms with Gasteiger partial charge >= 0.3 is 0 Å². The summed E-state index contributed by atoms with van der Waals surface area (Å²) in [5, 5.41) is 3.12. The molecule has 0 saturated heterocycles. The zero-order valence-electron chi connectivity index (χ0n) is 7.93. The summed E-state index contributed by atoms with van der Waals surface area (Å²) in [6, 6.07) is 8.41. The topological polar surface area (TPSA) is 12.0 Å². The highest BCUT2D eigenvalue weighted by atomic mass is 14.8. The lowest BCUT2D eigenvalue weighted by molar-refractivity contribution is 0.812. The number of hydrogen-bond acceptors (Lipinski definition) is 1. The van der Waals surface area contributed by atoms with Crippen LogP contribution in [0.15, 0.2) is 37.4 Å². The van der Waals surface area contributed by atoms with Gasteiger partial charge in [-0.15, -0.1) is 13.2 Å². The van der Waals surface area contributed by atoms with Gasteiger partial charge in [0, 0.05) is 6.54 Å². The van der Waals surface area contributed by atoms with Crippen LogP contribution in [0, 0.1) is 6.92 Å². The fourth-order valence-corrected chi connectivity index (χ4v) is 0.999. The maximum absolute atomic E-state index is 3.12. The Morgan fingerprint density at radius 1 is 1.25 bits per heavy atom. The van der Waals surface area contributed by atoms with E-state index in [1.807, 2.05) is 7.05 Å². The zero-order valence-corrected chi connectivity index (χ0v) is 7.93. The van der Waals surface area contributed by atoms with Crippen molar-refractivity contribution in [1.82, 2.24) is 5.32 Å². The van der Waals surface area contributed by atoms with Gasteiger partial charge in [0.25, 0.3) is 0 Å². The van der Waals surface area contributed by atoms with Gasteiger partial charge in [0.15, 0.2) is 0 Å². The standard InChI is InChI=1S/C9H13N.C2H4/c1-8-5-3-4-6-9(8)7-10-2;1-2/h3-6,10H,7H2,1-2H3;1-2H2. The molecular formula is C11H17N. The molecule has 1 N–H and O–H groups in total. The van der Waals surface area contributed by atoms with Crippen molar-refractivity contribution >= 4 is 0 Å². The van der Waals surface area contributed by atoms with E-state index in [4.69, 9.17) is 0 Å². The van der Waals surface area contributed by atoms with E-state index >= 15 is 0 Å². The van der Waals surface area contributed by atoms with Crippen molar-refractivity contribution in [1.29, 1.82) is 0 Å². The third-order valence-electron chi connectivity index (χ3n) is 1.63. The highest BCUT2D eigenvalue weighted by molar-refractivity contribution is 5.25. The molecule has 0 atom stereocenters. The summed E-state index contributed by atoms with van der Waals surface area (Å²) in [6.45, 7) is 9.10. The van der Waals surface area contributed by atoms with Gasteiger partial charge in [-0.2, -0.15) is 0 Å². The maximum atomic E-state index is 3.12. The lowest BCUT2D eigenvalue weighted by Gasteiger charge is -2.02. The van der Waals surface area contributed by atoms with Crippen LogP contribution in [0.4, 0.5) is 0 Å². The first-order valence-electron chi connectivity index (χ1n) is 4.03. The van der Waals surface area contributed by atoms with Crippen molar-refractivity contribution in [3.8, 4) is 0 Å². The van der Waals surface area contributed by atoms with Crippen LogP contribution in [0.1, 0.15) is 11.1 Å². The summed E-state index contributed by atoms with van der Waals surface area (Å²) in [5.74, 6) is 0. The SMILES string of the molecule is C=C.CNCc1ccccc1C. The number of rotatable bonds is 2. The van der Waals surface area contributed by atoms with Crippen molar-refractivity contribution in [3.63, 3.8) is 0 Å². The van der Waals surface area contributed by atoms with Crippen molar-refractivity contribution in [2.24, 2.45) is 0 Å². The molecule has 1 aromatic carbocycles. The van der Waals surface area contributed by atoms with E-state index in [1.54, 1.807) is 0 Å². The first-order chi connectivity index (χ1) is 5.84. The third kappa shape index (κ3) is 3.35. The molecule has 0 fully saturated rings. The Bertz CT molecular complexity index is 218. The molecule has 1 nitrogen and oxygen atoms in total. The molecule has 0 aliphatic carbocycles. The molecule has 0 aliphatic rings. The Balaban J connectivity index is 0.000000561. The van der Waals surface area contributed by atoms with Gasteiger partial charge in [-0.1, -0.05) is 24.3 Å². The lowest BCUT2D eigenvalue weighted by atomic mass is 10.1. The van der Waals surface area contributed by atoms with Crippen LogP contribution in [0.5, 0.6) is 0 Å². The summed E-state index contributed by atoms with van der Waals surface area (Å²) in [6.07, 6.45) is 0. The Morgan fingerprint density at radius 2 is 1.83 bits per heavy atom. The van der Waals surface area contributed by atoms with E-state index in [9.17, 15) is 0 Å². The quantitative estimate of drug-likeness (QED) is 0.661. The fourth-order valence-electron chi connectivity index (χ4n) is 0.999.